The number of carbonyl (C=O) groups is 2. The van der Waals surface area contributed by atoms with Crippen LogP contribution >= 0.6 is 11.3 Å². The number of piperidine rings is 1. The minimum atomic E-state index is -4.41. The number of rotatable bonds is 4. The molecule has 178 valence electrons. The Morgan fingerprint density at radius 2 is 1.82 bits per heavy atom. The van der Waals surface area contributed by atoms with E-state index in [0.29, 0.717) is 39.8 Å². The molecule has 1 aromatic heterocycles. The van der Waals surface area contributed by atoms with Gasteiger partial charge in [-0.2, -0.15) is 13.2 Å². The zero-order valence-electron chi connectivity index (χ0n) is 18.6. The van der Waals surface area contributed by atoms with Crippen molar-refractivity contribution in [2.45, 2.75) is 38.8 Å². The minimum absolute atomic E-state index is 0.0269. The summed E-state index contributed by atoms with van der Waals surface area (Å²) in [4.78, 5) is 31.5. The predicted octanol–water partition coefficient (Wildman–Crippen LogP) is 6.16. The second-order valence-electron chi connectivity index (χ2n) is 8.48. The van der Waals surface area contributed by atoms with E-state index in [4.69, 9.17) is 0 Å². The van der Waals surface area contributed by atoms with Crippen molar-refractivity contribution < 1.29 is 27.9 Å². The number of alkyl halides is 3. The first-order valence-corrected chi connectivity index (χ1v) is 11.6. The zero-order chi connectivity index (χ0) is 24.6. The molecule has 1 amide bonds. The number of aromatic nitrogens is 1. The number of halogens is 3. The quantitative estimate of drug-likeness (QED) is 0.477. The fourth-order valence-electron chi connectivity index (χ4n) is 4.22. The van der Waals surface area contributed by atoms with Gasteiger partial charge in [0.2, 0.25) is 0 Å². The molecular weight excluding hydrogens is 465 g/mol. The van der Waals surface area contributed by atoms with Gasteiger partial charge in [-0.25, -0.2) is 9.78 Å². The van der Waals surface area contributed by atoms with E-state index in [1.807, 2.05) is 6.07 Å². The van der Waals surface area contributed by atoms with Crippen LogP contribution in [-0.4, -0.2) is 40.0 Å². The van der Waals surface area contributed by atoms with Crippen molar-refractivity contribution >= 4 is 23.2 Å². The number of aromatic carboxylic acids is 1. The molecule has 1 saturated heterocycles. The van der Waals surface area contributed by atoms with Gasteiger partial charge in [0.15, 0.2) is 0 Å². The second kappa shape index (κ2) is 9.21. The summed E-state index contributed by atoms with van der Waals surface area (Å²) in [5.74, 6) is -1.11. The van der Waals surface area contributed by atoms with Gasteiger partial charge >= 0.3 is 12.1 Å². The lowest BCUT2D eigenvalue weighted by Gasteiger charge is -2.33. The monoisotopic (exact) mass is 488 g/mol. The highest BCUT2D eigenvalue weighted by Crippen LogP contribution is 2.35. The summed E-state index contributed by atoms with van der Waals surface area (Å²) in [7, 11) is 0. The first-order chi connectivity index (χ1) is 16.0. The zero-order valence-corrected chi connectivity index (χ0v) is 19.5. The van der Waals surface area contributed by atoms with E-state index < -0.39 is 17.7 Å². The number of aryl methyl sites for hydroxylation is 2. The van der Waals surface area contributed by atoms with Gasteiger partial charge in [0.25, 0.3) is 5.91 Å². The van der Waals surface area contributed by atoms with Crippen molar-refractivity contribution in [3.8, 4) is 10.6 Å². The Kier molecular flexibility index (Phi) is 6.49. The Balaban J connectivity index is 1.54. The summed E-state index contributed by atoms with van der Waals surface area (Å²) in [6.07, 6.45) is -2.77. The van der Waals surface area contributed by atoms with Crippen molar-refractivity contribution in [2.75, 3.05) is 13.1 Å². The topological polar surface area (TPSA) is 70.5 Å². The summed E-state index contributed by atoms with van der Waals surface area (Å²) < 4.78 is 38.5. The SMILES string of the molecule is Cc1ccc([C@@H]2CCCN(C(=O)c3sc(-c4ccc(C(F)(F)F)cc4)nc3C)C2)cc1C(=O)O. The maximum Gasteiger partial charge on any atom is 0.416 e. The largest absolute Gasteiger partial charge is 0.478 e. The van der Waals surface area contributed by atoms with E-state index in [9.17, 15) is 27.9 Å². The molecule has 3 aromatic rings. The van der Waals surface area contributed by atoms with Crippen LogP contribution in [0.2, 0.25) is 0 Å². The number of nitrogens with zero attached hydrogens (tertiary/aromatic N) is 2. The van der Waals surface area contributed by atoms with E-state index in [-0.39, 0.29) is 17.4 Å². The van der Waals surface area contributed by atoms with E-state index in [1.54, 1.807) is 30.9 Å². The summed E-state index contributed by atoms with van der Waals surface area (Å²) in [5, 5.41) is 9.93. The lowest BCUT2D eigenvalue weighted by molar-refractivity contribution is -0.137. The summed E-state index contributed by atoms with van der Waals surface area (Å²) in [5.41, 5.74) is 2.18. The summed E-state index contributed by atoms with van der Waals surface area (Å²) in [6, 6.07) is 10.2. The molecule has 1 aliphatic rings. The minimum Gasteiger partial charge on any atom is -0.478 e. The molecule has 4 rings (SSSR count). The van der Waals surface area contributed by atoms with Crippen LogP contribution in [0.25, 0.3) is 10.6 Å². The second-order valence-corrected chi connectivity index (χ2v) is 9.48. The van der Waals surface area contributed by atoms with Crippen LogP contribution in [0.1, 0.15) is 61.2 Å². The number of thiazole rings is 1. The molecule has 5 nitrogen and oxygen atoms in total. The van der Waals surface area contributed by atoms with Crippen molar-refractivity contribution in [1.82, 2.24) is 9.88 Å². The Labute approximate surface area is 198 Å². The lowest BCUT2D eigenvalue weighted by Crippen LogP contribution is -2.39. The highest BCUT2D eigenvalue weighted by molar-refractivity contribution is 7.17. The molecule has 9 heteroatoms. The maximum absolute atomic E-state index is 13.3. The van der Waals surface area contributed by atoms with E-state index in [0.717, 1.165) is 30.5 Å². The number of carboxylic acid groups (broad SMARTS) is 1. The standard InChI is InChI=1S/C25H23F3N2O3S/c1-14-5-6-17(12-20(14)24(32)33)18-4-3-11-30(13-18)23(31)21-15(2)29-22(34-21)16-7-9-19(10-8-16)25(26,27)28/h5-10,12,18H,3-4,11,13H2,1-2H3,(H,32,33)/t18-/m1/s1. The molecule has 1 aliphatic heterocycles. The molecule has 0 aliphatic carbocycles. The van der Waals surface area contributed by atoms with E-state index in [1.165, 1.54) is 23.5 Å². The van der Waals surface area contributed by atoms with Crippen LogP contribution in [-0.2, 0) is 6.18 Å². The smallest absolute Gasteiger partial charge is 0.416 e. The van der Waals surface area contributed by atoms with Crippen LogP contribution in [0.4, 0.5) is 13.2 Å². The molecule has 1 fully saturated rings. The first kappa shape index (κ1) is 23.9. The molecular formula is C25H23F3N2O3S. The molecule has 2 heterocycles. The summed E-state index contributed by atoms with van der Waals surface area (Å²) in [6.45, 7) is 4.52. The molecule has 0 unspecified atom stereocenters. The average Bonchev–Trinajstić information content (AvgIpc) is 3.20. The van der Waals surface area contributed by atoms with Crippen molar-refractivity contribution in [2.24, 2.45) is 0 Å². The van der Waals surface area contributed by atoms with Gasteiger partial charge in [-0.3, -0.25) is 4.79 Å². The first-order valence-electron chi connectivity index (χ1n) is 10.8. The fourth-order valence-corrected chi connectivity index (χ4v) is 5.26. The van der Waals surface area contributed by atoms with Crippen molar-refractivity contribution in [3.63, 3.8) is 0 Å². The third kappa shape index (κ3) is 4.84. The van der Waals surface area contributed by atoms with E-state index in [2.05, 4.69) is 4.98 Å². The fraction of sp³-hybridized carbons (Fsp3) is 0.320. The molecule has 1 N–H and O–H groups in total. The normalized spacial score (nSPS) is 16.5. The van der Waals surface area contributed by atoms with Crippen LogP contribution in [0.3, 0.4) is 0 Å². The number of amides is 1. The molecule has 34 heavy (non-hydrogen) atoms. The molecule has 0 saturated carbocycles. The lowest BCUT2D eigenvalue weighted by atomic mass is 9.88. The van der Waals surface area contributed by atoms with Gasteiger partial charge in [0, 0.05) is 24.6 Å². The van der Waals surface area contributed by atoms with Gasteiger partial charge < -0.3 is 10.0 Å². The highest BCUT2D eigenvalue weighted by atomic mass is 32.1. The predicted molar refractivity (Wildman–Crippen MR) is 123 cm³/mol. The van der Waals surface area contributed by atoms with Gasteiger partial charge in [-0.15, -0.1) is 11.3 Å². The van der Waals surface area contributed by atoms with Crippen LogP contribution in [0.15, 0.2) is 42.5 Å². The Morgan fingerprint density at radius 3 is 2.47 bits per heavy atom. The van der Waals surface area contributed by atoms with Gasteiger partial charge in [0.05, 0.1) is 16.8 Å². The average molecular weight is 489 g/mol. The highest BCUT2D eigenvalue weighted by Gasteiger charge is 2.31. The summed E-state index contributed by atoms with van der Waals surface area (Å²) >= 11 is 1.17. The maximum atomic E-state index is 13.3. The number of likely N-dealkylation sites (tertiary alicyclic amines) is 1. The Hall–Kier alpha value is -3.20. The number of carboxylic acids is 1. The molecule has 0 bridgehead atoms. The number of hydrogen-bond acceptors (Lipinski definition) is 4. The molecule has 0 spiro atoms. The van der Waals surface area contributed by atoms with Crippen molar-refractivity contribution in [1.29, 1.82) is 0 Å². The van der Waals surface area contributed by atoms with Crippen molar-refractivity contribution in [3.05, 3.63) is 75.3 Å². The van der Waals surface area contributed by atoms with Crippen LogP contribution < -0.4 is 0 Å². The van der Waals surface area contributed by atoms with Gasteiger partial charge in [0.1, 0.15) is 9.88 Å². The Morgan fingerprint density at radius 1 is 1.12 bits per heavy atom. The Bertz CT molecular complexity index is 1240. The van der Waals surface area contributed by atoms with Gasteiger partial charge in [-0.1, -0.05) is 24.3 Å². The van der Waals surface area contributed by atoms with E-state index >= 15 is 0 Å². The number of hydrogen-bond donors (Lipinski definition) is 1. The molecule has 1 atom stereocenters. The number of carbonyl (C=O) groups excluding carboxylic acids is 1. The third-order valence-electron chi connectivity index (χ3n) is 6.12. The van der Waals surface area contributed by atoms with Crippen LogP contribution in [0, 0.1) is 13.8 Å². The third-order valence-corrected chi connectivity index (χ3v) is 7.32. The molecule has 0 radical (unpaired) electrons. The molecule has 2 aromatic carbocycles. The van der Waals surface area contributed by atoms with Gasteiger partial charge in [-0.05, 0) is 56.0 Å². The van der Waals surface area contributed by atoms with Crippen LogP contribution in [0.5, 0.6) is 0 Å². The number of benzene rings is 2.